The van der Waals surface area contributed by atoms with Gasteiger partial charge in [-0.25, -0.2) is 4.98 Å². The molecule has 0 spiro atoms. The Labute approximate surface area is 145 Å². The van der Waals surface area contributed by atoms with Gasteiger partial charge in [0.15, 0.2) is 11.5 Å². The molecule has 132 valence electrons. The van der Waals surface area contributed by atoms with Crippen molar-refractivity contribution < 1.29 is 14.3 Å². The summed E-state index contributed by atoms with van der Waals surface area (Å²) in [5.74, 6) is 1.08. The van der Waals surface area contributed by atoms with Crippen molar-refractivity contribution >= 4 is 27.7 Å². The number of carbonyl (C=O) groups excluding carboxylic acids is 1. The SMILES string of the molecule is CCc1c(C(=O)NCCN)ncc2[nH]c3cc(OC)c(OC)cc3c12. The van der Waals surface area contributed by atoms with E-state index in [1.165, 1.54) is 0 Å². The van der Waals surface area contributed by atoms with E-state index in [-0.39, 0.29) is 5.91 Å². The van der Waals surface area contributed by atoms with Gasteiger partial charge in [-0.3, -0.25) is 4.79 Å². The Morgan fingerprint density at radius 2 is 1.96 bits per heavy atom. The smallest absolute Gasteiger partial charge is 0.270 e. The van der Waals surface area contributed by atoms with Crippen molar-refractivity contribution in [3.8, 4) is 11.5 Å². The lowest BCUT2D eigenvalue weighted by Gasteiger charge is -2.10. The van der Waals surface area contributed by atoms with E-state index in [4.69, 9.17) is 15.2 Å². The van der Waals surface area contributed by atoms with Gasteiger partial charge in [0.25, 0.3) is 5.91 Å². The predicted molar refractivity (Wildman–Crippen MR) is 97.5 cm³/mol. The molecular weight excluding hydrogens is 320 g/mol. The minimum atomic E-state index is -0.209. The fourth-order valence-electron chi connectivity index (χ4n) is 3.10. The van der Waals surface area contributed by atoms with Crippen LogP contribution in [0.4, 0.5) is 0 Å². The minimum Gasteiger partial charge on any atom is -0.493 e. The van der Waals surface area contributed by atoms with Crippen LogP contribution in [0.1, 0.15) is 23.0 Å². The van der Waals surface area contributed by atoms with E-state index in [0.29, 0.717) is 36.7 Å². The highest BCUT2D eigenvalue weighted by Crippen LogP contribution is 2.37. The third-order valence-electron chi connectivity index (χ3n) is 4.24. The van der Waals surface area contributed by atoms with Gasteiger partial charge in [-0.05, 0) is 18.1 Å². The van der Waals surface area contributed by atoms with Crippen molar-refractivity contribution in [1.29, 1.82) is 0 Å². The summed E-state index contributed by atoms with van der Waals surface area (Å²) in [4.78, 5) is 20.1. The zero-order valence-electron chi connectivity index (χ0n) is 14.6. The fourth-order valence-corrected chi connectivity index (χ4v) is 3.10. The molecule has 0 atom stereocenters. The third-order valence-corrected chi connectivity index (χ3v) is 4.24. The second-order valence-electron chi connectivity index (χ2n) is 5.65. The van der Waals surface area contributed by atoms with Gasteiger partial charge in [-0.1, -0.05) is 6.92 Å². The zero-order chi connectivity index (χ0) is 18.0. The Morgan fingerprint density at radius 1 is 1.24 bits per heavy atom. The number of ether oxygens (including phenoxy) is 2. The van der Waals surface area contributed by atoms with E-state index < -0.39 is 0 Å². The molecule has 4 N–H and O–H groups in total. The maximum absolute atomic E-state index is 12.4. The second-order valence-corrected chi connectivity index (χ2v) is 5.65. The number of hydrogen-bond donors (Lipinski definition) is 3. The minimum absolute atomic E-state index is 0.209. The highest BCUT2D eigenvalue weighted by atomic mass is 16.5. The topological polar surface area (TPSA) is 102 Å². The van der Waals surface area contributed by atoms with Crippen LogP contribution in [0.15, 0.2) is 18.3 Å². The standard InChI is InChI=1S/C18H22N4O3/c1-4-10-16-11-7-14(24-2)15(25-3)8-12(11)22-13(16)9-21-17(10)18(23)20-6-5-19/h7-9,22H,4-6,19H2,1-3H3,(H,20,23). The molecule has 0 aliphatic rings. The van der Waals surface area contributed by atoms with E-state index >= 15 is 0 Å². The average Bonchev–Trinajstić information content (AvgIpc) is 3.01. The number of fused-ring (bicyclic) bond motifs is 3. The Kier molecular flexibility index (Phi) is 4.76. The number of nitrogens with one attached hydrogen (secondary N) is 2. The van der Waals surface area contributed by atoms with Gasteiger partial charge in [-0.15, -0.1) is 0 Å². The van der Waals surface area contributed by atoms with E-state index in [1.54, 1.807) is 20.4 Å². The molecule has 7 heteroatoms. The summed E-state index contributed by atoms with van der Waals surface area (Å²) in [5.41, 5.74) is 8.57. The maximum atomic E-state index is 12.4. The molecule has 0 aliphatic carbocycles. The van der Waals surface area contributed by atoms with Gasteiger partial charge in [-0.2, -0.15) is 0 Å². The lowest BCUT2D eigenvalue weighted by atomic mass is 10.0. The Bertz CT molecular complexity index is 933. The van der Waals surface area contributed by atoms with Gasteiger partial charge in [0.05, 0.1) is 31.4 Å². The molecule has 1 amide bonds. The van der Waals surface area contributed by atoms with Crippen LogP contribution in [0.5, 0.6) is 11.5 Å². The van der Waals surface area contributed by atoms with Crippen molar-refractivity contribution in [1.82, 2.24) is 15.3 Å². The van der Waals surface area contributed by atoms with Crippen LogP contribution < -0.4 is 20.5 Å². The van der Waals surface area contributed by atoms with Gasteiger partial charge in [0, 0.05) is 29.9 Å². The second kappa shape index (κ2) is 6.98. The predicted octanol–water partition coefficient (Wildman–Crippen LogP) is 1.98. The fraction of sp³-hybridized carbons (Fsp3) is 0.333. The third kappa shape index (κ3) is 2.87. The summed E-state index contributed by atoms with van der Waals surface area (Å²) in [6.07, 6.45) is 2.36. The van der Waals surface area contributed by atoms with Crippen LogP contribution in [-0.2, 0) is 6.42 Å². The van der Waals surface area contributed by atoms with Crippen molar-refractivity contribution in [3.63, 3.8) is 0 Å². The molecule has 1 aromatic carbocycles. The summed E-state index contributed by atoms with van der Waals surface area (Å²) in [5, 5.41) is 4.74. The van der Waals surface area contributed by atoms with Gasteiger partial charge in [0.2, 0.25) is 0 Å². The summed E-state index contributed by atoms with van der Waals surface area (Å²) in [6.45, 7) is 2.82. The first kappa shape index (κ1) is 17.0. The van der Waals surface area contributed by atoms with Crippen LogP contribution in [0.2, 0.25) is 0 Å². The average molecular weight is 342 g/mol. The number of pyridine rings is 1. The Balaban J connectivity index is 2.26. The first-order valence-electron chi connectivity index (χ1n) is 8.18. The molecule has 3 aromatic rings. The van der Waals surface area contributed by atoms with E-state index in [1.807, 2.05) is 19.1 Å². The molecule has 0 aliphatic heterocycles. The molecule has 0 saturated carbocycles. The molecule has 0 saturated heterocycles. The molecule has 25 heavy (non-hydrogen) atoms. The number of rotatable bonds is 6. The summed E-state index contributed by atoms with van der Waals surface area (Å²) in [6, 6.07) is 3.81. The van der Waals surface area contributed by atoms with Crippen molar-refractivity contribution in [3.05, 3.63) is 29.6 Å². The summed E-state index contributed by atoms with van der Waals surface area (Å²) < 4.78 is 10.8. The number of aryl methyl sites for hydroxylation is 1. The Morgan fingerprint density at radius 3 is 2.60 bits per heavy atom. The largest absolute Gasteiger partial charge is 0.493 e. The molecule has 0 unspecified atom stereocenters. The number of hydrogen-bond acceptors (Lipinski definition) is 5. The van der Waals surface area contributed by atoms with Crippen molar-refractivity contribution in [2.75, 3.05) is 27.3 Å². The molecule has 3 rings (SSSR count). The first-order chi connectivity index (χ1) is 12.1. The quantitative estimate of drug-likeness (QED) is 0.636. The molecule has 2 heterocycles. The van der Waals surface area contributed by atoms with E-state index in [9.17, 15) is 4.79 Å². The van der Waals surface area contributed by atoms with Crippen LogP contribution in [0, 0.1) is 0 Å². The van der Waals surface area contributed by atoms with Crippen molar-refractivity contribution in [2.45, 2.75) is 13.3 Å². The molecule has 0 radical (unpaired) electrons. The molecular formula is C18H22N4O3. The number of aromatic amines is 1. The highest BCUT2D eigenvalue weighted by Gasteiger charge is 2.19. The number of amides is 1. The number of H-pyrrole nitrogens is 1. The number of nitrogens with zero attached hydrogens (tertiary/aromatic N) is 1. The highest BCUT2D eigenvalue weighted by molar-refractivity contribution is 6.12. The van der Waals surface area contributed by atoms with Gasteiger partial charge < -0.3 is 25.5 Å². The maximum Gasteiger partial charge on any atom is 0.270 e. The number of nitrogens with two attached hydrogens (primary N) is 1. The number of aromatic nitrogens is 2. The lowest BCUT2D eigenvalue weighted by molar-refractivity contribution is 0.0949. The van der Waals surface area contributed by atoms with Crippen LogP contribution in [-0.4, -0.2) is 43.2 Å². The van der Waals surface area contributed by atoms with Crippen LogP contribution in [0.3, 0.4) is 0 Å². The van der Waals surface area contributed by atoms with Gasteiger partial charge >= 0.3 is 0 Å². The summed E-state index contributed by atoms with van der Waals surface area (Å²) in [7, 11) is 3.21. The summed E-state index contributed by atoms with van der Waals surface area (Å²) >= 11 is 0. The van der Waals surface area contributed by atoms with Crippen LogP contribution >= 0.6 is 0 Å². The first-order valence-corrected chi connectivity index (χ1v) is 8.18. The number of carbonyl (C=O) groups is 1. The molecule has 7 nitrogen and oxygen atoms in total. The lowest BCUT2D eigenvalue weighted by Crippen LogP contribution is -2.30. The monoisotopic (exact) mass is 342 g/mol. The molecule has 2 aromatic heterocycles. The normalized spacial score (nSPS) is 11.0. The zero-order valence-corrected chi connectivity index (χ0v) is 14.6. The number of methoxy groups -OCH3 is 2. The number of benzene rings is 1. The molecule has 0 bridgehead atoms. The van der Waals surface area contributed by atoms with Crippen molar-refractivity contribution in [2.24, 2.45) is 5.73 Å². The van der Waals surface area contributed by atoms with E-state index in [2.05, 4.69) is 15.3 Å². The van der Waals surface area contributed by atoms with E-state index in [0.717, 1.165) is 27.4 Å². The Hall–Kier alpha value is -2.80. The molecule has 0 fully saturated rings. The van der Waals surface area contributed by atoms with Crippen LogP contribution in [0.25, 0.3) is 21.8 Å². The van der Waals surface area contributed by atoms with Gasteiger partial charge in [0.1, 0.15) is 5.69 Å².